The SMILES string of the molecule is C=C1C=CN(N2CC(C)OC(C)C2)C=C1. The molecule has 0 spiro atoms. The quantitative estimate of drug-likeness (QED) is 0.652. The fraction of sp³-hybridized carbons (Fsp3) is 0.500. The topological polar surface area (TPSA) is 15.7 Å². The molecule has 0 bridgehead atoms. The summed E-state index contributed by atoms with van der Waals surface area (Å²) in [6.07, 6.45) is 8.72. The highest BCUT2D eigenvalue weighted by molar-refractivity contribution is 5.30. The van der Waals surface area contributed by atoms with Crippen molar-refractivity contribution in [2.75, 3.05) is 13.1 Å². The number of allylic oxidation sites excluding steroid dienone is 3. The van der Waals surface area contributed by atoms with Crippen LogP contribution in [0, 0.1) is 0 Å². The van der Waals surface area contributed by atoms with E-state index in [-0.39, 0.29) is 0 Å². The summed E-state index contributed by atoms with van der Waals surface area (Å²) in [4.78, 5) is 0. The maximum atomic E-state index is 5.69. The lowest BCUT2D eigenvalue weighted by molar-refractivity contribution is -0.116. The molecule has 2 heterocycles. The van der Waals surface area contributed by atoms with E-state index in [1.165, 1.54) is 0 Å². The fourth-order valence-corrected chi connectivity index (χ4v) is 1.98. The first kappa shape index (κ1) is 10.5. The Labute approximate surface area is 91.3 Å². The van der Waals surface area contributed by atoms with Gasteiger partial charge < -0.3 is 4.74 Å². The van der Waals surface area contributed by atoms with E-state index in [1.807, 2.05) is 24.6 Å². The van der Waals surface area contributed by atoms with E-state index in [0.717, 1.165) is 18.7 Å². The molecule has 2 aliphatic rings. The number of morpholine rings is 1. The molecular formula is C12H18N2O. The Kier molecular flexibility index (Phi) is 2.93. The Balaban J connectivity index is 2.01. The molecule has 0 aromatic rings. The number of ether oxygens (including phenoxy) is 1. The van der Waals surface area contributed by atoms with Crippen LogP contribution in [0.4, 0.5) is 0 Å². The Bertz CT molecular complexity index is 283. The molecule has 1 saturated heterocycles. The molecule has 0 saturated carbocycles. The van der Waals surface area contributed by atoms with Crippen LogP contribution in [0.1, 0.15) is 13.8 Å². The number of rotatable bonds is 1. The van der Waals surface area contributed by atoms with Gasteiger partial charge in [-0.15, -0.1) is 0 Å². The lowest BCUT2D eigenvalue weighted by Crippen LogP contribution is -2.50. The lowest BCUT2D eigenvalue weighted by atomic mass is 10.2. The standard InChI is InChI=1S/C12H18N2O/c1-10-4-6-13(7-5-10)14-8-11(2)15-12(3)9-14/h4-7,11-12H,1,8-9H2,2-3H3. The molecule has 0 aliphatic carbocycles. The van der Waals surface area contributed by atoms with E-state index in [2.05, 4.69) is 30.4 Å². The Morgan fingerprint density at radius 2 is 1.73 bits per heavy atom. The summed E-state index contributed by atoms with van der Waals surface area (Å²) < 4.78 is 5.69. The molecule has 2 rings (SSSR count). The maximum absolute atomic E-state index is 5.69. The zero-order chi connectivity index (χ0) is 10.8. The molecule has 1 fully saturated rings. The van der Waals surface area contributed by atoms with Gasteiger partial charge in [0.1, 0.15) is 0 Å². The summed E-state index contributed by atoms with van der Waals surface area (Å²) in [5.74, 6) is 0. The zero-order valence-corrected chi connectivity index (χ0v) is 9.39. The molecule has 3 heteroatoms. The van der Waals surface area contributed by atoms with Crippen molar-refractivity contribution in [3.63, 3.8) is 0 Å². The normalized spacial score (nSPS) is 32.4. The van der Waals surface area contributed by atoms with Crippen LogP contribution in [0.3, 0.4) is 0 Å². The van der Waals surface area contributed by atoms with Gasteiger partial charge in [0.25, 0.3) is 0 Å². The van der Waals surface area contributed by atoms with Crippen molar-refractivity contribution in [2.24, 2.45) is 0 Å². The molecule has 0 amide bonds. The van der Waals surface area contributed by atoms with Crippen molar-refractivity contribution in [2.45, 2.75) is 26.1 Å². The Hall–Kier alpha value is -1.06. The summed E-state index contributed by atoms with van der Waals surface area (Å²) in [6.45, 7) is 9.97. The van der Waals surface area contributed by atoms with Crippen molar-refractivity contribution < 1.29 is 4.74 Å². The van der Waals surface area contributed by atoms with Gasteiger partial charge in [-0.25, -0.2) is 5.01 Å². The minimum absolute atomic E-state index is 0.292. The first-order valence-corrected chi connectivity index (χ1v) is 5.39. The predicted molar refractivity (Wildman–Crippen MR) is 60.8 cm³/mol. The van der Waals surface area contributed by atoms with Crippen LogP contribution in [0.2, 0.25) is 0 Å². The maximum Gasteiger partial charge on any atom is 0.0696 e. The van der Waals surface area contributed by atoms with Gasteiger partial charge in [0.2, 0.25) is 0 Å². The van der Waals surface area contributed by atoms with E-state index in [0.29, 0.717) is 12.2 Å². The molecule has 0 radical (unpaired) electrons. The Morgan fingerprint density at radius 3 is 2.27 bits per heavy atom. The molecule has 2 aliphatic heterocycles. The first-order chi connectivity index (χ1) is 7.15. The predicted octanol–water partition coefficient (Wildman–Crippen LogP) is 1.91. The second-order valence-corrected chi connectivity index (χ2v) is 4.22. The van der Waals surface area contributed by atoms with Crippen molar-refractivity contribution in [3.8, 4) is 0 Å². The van der Waals surface area contributed by atoms with Crippen molar-refractivity contribution in [1.29, 1.82) is 0 Å². The van der Waals surface area contributed by atoms with Gasteiger partial charge in [0.05, 0.1) is 12.2 Å². The van der Waals surface area contributed by atoms with Gasteiger partial charge in [-0.05, 0) is 31.6 Å². The van der Waals surface area contributed by atoms with Crippen molar-refractivity contribution >= 4 is 0 Å². The number of nitrogens with zero attached hydrogens (tertiary/aromatic N) is 2. The third-order valence-corrected chi connectivity index (χ3v) is 2.61. The summed E-state index contributed by atoms with van der Waals surface area (Å²) in [5.41, 5.74) is 1.04. The molecule has 82 valence electrons. The molecule has 0 N–H and O–H groups in total. The lowest BCUT2D eigenvalue weighted by Gasteiger charge is -2.40. The van der Waals surface area contributed by atoms with Gasteiger partial charge in [0, 0.05) is 25.5 Å². The Morgan fingerprint density at radius 1 is 1.20 bits per heavy atom. The van der Waals surface area contributed by atoms with Gasteiger partial charge in [-0.3, -0.25) is 5.01 Å². The largest absolute Gasteiger partial charge is 0.373 e. The number of hydrogen-bond donors (Lipinski definition) is 0. The van der Waals surface area contributed by atoms with Gasteiger partial charge in [0.15, 0.2) is 0 Å². The van der Waals surface area contributed by atoms with Crippen LogP contribution >= 0.6 is 0 Å². The number of hydrogen-bond acceptors (Lipinski definition) is 3. The second kappa shape index (κ2) is 4.21. The highest BCUT2D eigenvalue weighted by atomic mass is 16.5. The van der Waals surface area contributed by atoms with Crippen LogP contribution in [0.25, 0.3) is 0 Å². The molecule has 2 atom stereocenters. The minimum atomic E-state index is 0.292. The summed E-state index contributed by atoms with van der Waals surface area (Å²) in [5, 5.41) is 4.41. The van der Waals surface area contributed by atoms with Crippen molar-refractivity contribution in [3.05, 3.63) is 36.7 Å². The molecule has 2 unspecified atom stereocenters. The molecular weight excluding hydrogens is 188 g/mol. The third-order valence-electron chi connectivity index (χ3n) is 2.61. The van der Waals surface area contributed by atoms with E-state index in [1.54, 1.807) is 0 Å². The van der Waals surface area contributed by atoms with E-state index < -0.39 is 0 Å². The van der Waals surface area contributed by atoms with Gasteiger partial charge in [-0.1, -0.05) is 6.58 Å². The summed E-state index contributed by atoms with van der Waals surface area (Å²) >= 11 is 0. The van der Waals surface area contributed by atoms with Crippen LogP contribution < -0.4 is 0 Å². The summed E-state index contributed by atoms with van der Waals surface area (Å²) in [7, 11) is 0. The zero-order valence-electron chi connectivity index (χ0n) is 9.39. The average molecular weight is 206 g/mol. The number of hydrazine groups is 1. The average Bonchev–Trinajstić information content (AvgIpc) is 2.17. The smallest absolute Gasteiger partial charge is 0.0696 e. The van der Waals surface area contributed by atoms with Gasteiger partial charge >= 0.3 is 0 Å². The van der Waals surface area contributed by atoms with Crippen molar-refractivity contribution in [1.82, 2.24) is 10.0 Å². The third kappa shape index (κ3) is 2.49. The van der Waals surface area contributed by atoms with Crippen LogP contribution in [-0.4, -0.2) is 35.3 Å². The van der Waals surface area contributed by atoms with Crippen LogP contribution in [-0.2, 0) is 4.74 Å². The minimum Gasteiger partial charge on any atom is -0.373 e. The molecule has 0 aromatic carbocycles. The van der Waals surface area contributed by atoms with E-state index in [9.17, 15) is 0 Å². The molecule has 3 nitrogen and oxygen atoms in total. The van der Waals surface area contributed by atoms with Crippen LogP contribution in [0.15, 0.2) is 36.7 Å². The monoisotopic (exact) mass is 206 g/mol. The highest BCUT2D eigenvalue weighted by Gasteiger charge is 2.24. The first-order valence-electron chi connectivity index (χ1n) is 5.39. The highest BCUT2D eigenvalue weighted by Crippen LogP contribution is 2.16. The second-order valence-electron chi connectivity index (χ2n) is 4.22. The molecule has 0 aromatic heterocycles. The molecule has 15 heavy (non-hydrogen) atoms. The van der Waals surface area contributed by atoms with Gasteiger partial charge in [-0.2, -0.15) is 0 Å². The van der Waals surface area contributed by atoms with E-state index >= 15 is 0 Å². The fourth-order valence-electron chi connectivity index (χ4n) is 1.98. The summed E-state index contributed by atoms with van der Waals surface area (Å²) in [6, 6.07) is 0. The van der Waals surface area contributed by atoms with E-state index in [4.69, 9.17) is 4.74 Å². The van der Waals surface area contributed by atoms with Crippen LogP contribution in [0.5, 0.6) is 0 Å².